The van der Waals surface area contributed by atoms with Crippen LogP contribution in [0.1, 0.15) is 75.7 Å². The number of ether oxygens (including phenoxy) is 1. The second kappa shape index (κ2) is 6.69. The first-order valence-electron chi connectivity index (χ1n) is 8.17. The molecular formula is C18H28N2O2. The van der Waals surface area contributed by atoms with Gasteiger partial charge in [-0.05, 0) is 24.5 Å². The van der Waals surface area contributed by atoms with Gasteiger partial charge in [0.15, 0.2) is 0 Å². The van der Waals surface area contributed by atoms with Gasteiger partial charge < -0.3 is 15.8 Å². The van der Waals surface area contributed by atoms with E-state index in [-0.39, 0.29) is 23.9 Å². The number of fused-ring (bicyclic) bond motifs is 1. The molecule has 4 nitrogen and oxygen atoms in total. The monoisotopic (exact) mass is 304 g/mol. The van der Waals surface area contributed by atoms with E-state index in [0.717, 1.165) is 23.3 Å². The Kier molecular flexibility index (Phi) is 5.12. The Bertz CT molecular complexity index is 550. The summed E-state index contributed by atoms with van der Waals surface area (Å²) in [6, 6.07) is 4.22. The second-order valence-electron chi connectivity index (χ2n) is 6.82. The Balaban J connectivity index is 2.45. The Morgan fingerprint density at radius 2 is 1.95 bits per heavy atom. The molecule has 0 bridgehead atoms. The molecule has 0 aliphatic carbocycles. The maximum atomic E-state index is 12.1. The molecule has 2 atom stereocenters. The van der Waals surface area contributed by atoms with Gasteiger partial charge in [-0.25, -0.2) is 0 Å². The van der Waals surface area contributed by atoms with Crippen molar-refractivity contribution >= 4 is 5.91 Å². The van der Waals surface area contributed by atoms with Gasteiger partial charge in [-0.2, -0.15) is 0 Å². The number of rotatable bonds is 4. The molecule has 1 amide bonds. The highest BCUT2D eigenvalue weighted by Gasteiger charge is 2.27. The number of carbonyl (C=O) groups is 1. The van der Waals surface area contributed by atoms with E-state index in [9.17, 15) is 4.79 Å². The third kappa shape index (κ3) is 3.43. The van der Waals surface area contributed by atoms with Gasteiger partial charge in [-0.1, -0.05) is 33.8 Å². The maximum Gasteiger partial charge on any atom is 0.223 e. The van der Waals surface area contributed by atoms with Crippen molar-refractivity contribution in [3.8, 4) is 5.75 Å². The molecule has 22 heavy (non-hydrogen) atoms. The normalized spacial score (nSPS) is 18.8. The van der Waals surface area contributed by atoms with Crippen LogP contribution in [0.2, 0.25) is 0 Å². The van der Waals surface area contributed by atoms with Crippen LogP contribution in [0, 0.1) is 5.92 Å². The summed E-state index contributed by atoms with van der Waals surface area (Å²) in [5.41, 5.74) is 9.47. The van der Waals surface area contributed by atoms with Gasteiger partial charge >= 0.3 is 0 Å². The summed E-state index contributed by atoms with van der Waals surface area (Å²) in [5.74, 6) is 1.33. The minimum absolute atomic E-state index is 0.00912. The summed E-state index contributed by atoms with van der Waals surface area (Å²) in [5, 5.41) is 3.15. The molecule has 1 aromatic rings. The Hall–Kier alpha value is -1.55. The average Bonchev–Trinajstić information content (AvgIpc) is 2.45. The highest BCUT2D eigenvalue weighted by Crippen LogP contribution is 2.39. The fourth-order valence-electron chi connectivity index (χ4n) is 2.72. The van der Waals surface area contributed by atoms with Crippen LogP contribution >= 0.6 is 0 Å². The van der Waals surface area contributed by atoms with Gasteiger partial charge in [-0.3, -0.25) is 4.79 Å². The first-order valence-corrected chi connectivity index (χ1v) is 8.17. The fourth-order valence-corrected chi connectivity index (χ4v) is 2.72. The van der Waals surface area contributed by atoms with Crippen molar-refractivity contribution in [3.63, 3.8) is 0 Å². The van der Waals surface area contributed by atoms with Crippen LogP contribution in [0.4, 0.5) is 0 Å². The van der Waals surface area contributed by atoms with E-state index < -0.39 is 0 Å². The number of nitrogens with two attached hydrogens (primary N) is 1. The van der Waals surface area contributed by atoms with Crippen LogP contribution in [0.3, 0.4) is 0 Å². The molecule has 0 radical (unpaired) electrons. The molecule has 0 spiro atoms. The van der Waals surface area contributed by atoms with Crippen LogP contribution in [0.25, 0.3) is 0 Å². The standard InChI is InChI=1S/C18H28N2O2/c1-10(2)13-8-14(12(5)19)17-15(9-13)16(6-7-22-17)20-18(21)11(3)4/h8-12,16H,6-7,19H2,1-5H3,(H,20,21). The zero-order chi connectivity index (χ0) is 16.4. The number of hydrogen-bond acceptors (Lipinski definition) is 3. The van der Waals surface area contributed by atoms with Crippen LogP contribution in [0.15, 0.2) is 12.1 Å². The minimum atomic E-state index is -0.0907. The molecular weight excluding hydrogens is 276 g/mol. The van der Waals surface area contributed by atoms with Crippen molar-refractivity contribution in [2.45, 2.75) is 59.0 Å². The van der Waals surface area contributed by atoms with Crippen LogP contribution in [0.5, 0.6) is 5.75 Å². The second-order valence-corrected chi connectivity index (χ2v) is 6.82. The predicted molar refractivity (Wildman–Crippen MR) is 89.0 cm³/mol. The summed E-state index contributed by atoms with van der Waals surface area (Å²) >= 11 is 0. The van der Waals surface area contributed by atoms with Crippen molar-refractivity contribution < 1.29 is 9.53 Å². The Labute approximate surface area is 133 Å². The van der Waals surface area contributed by atoms with E-state index >= 15 is 0 Å². The Morgan fingerprint density at radius 1 is 1.27 bits per heavy atom. The lowest BCUT2D eigenvalue weighted by atomic mass is 9.89. The van der Waals surface area contributed by atoms with Gasteiger partial charge in [0.25, 0.3) is 0 Å². The lowest BCUT2D eigenvalue weighted by molar-refractivity contribution is -0.124. The van der Waals surface area contributed by atoms with Crippen molar-refractivity contribution in [1.29, 1.82) is 0 Å². The number of hydrogen-bond donors (Lipinski definition) is 2. The molecule has 2 unspecified atom stereocenters. The molecule has 1 heterocycles. The first kappa shape index (κ1) is 16.8. The average molecular weight is 304 g/mol. The number of nitrogens with one attached hydrogen (secondary N) is 1. The summed E-state index contributed by atoms with van der Waals surface area (Å²) < 4.78 is 5.89. The van der Waals surface area contributed by atoms with E-state index in [2.05, 4.69) is 31.3 Å². The summed E-state index contributed by atoms with van der Waals surface area (Å²) in [6.07, 6.45) is 0.797. The third-order valence-electron chi connectivity index (χ3n) is 4.20. The molecule has 4 heteroatoms. The third-order valence-corrected chi connectivity index (χ3v) is 4.20. The number of benzene rings is 1. The SMILES string of the molecule is CC(C)C(=O)NC1CCOc2c(C(C)N)cc(C(C)C)cc21. The van der Waals surface area contributed by atoms with Crippen molar-refractivity contribution in [2.24, 2.45) is 11.7 Å². The number of carbonyl (C=O) groups excluding carboxylic acids is 1. The summed E-state index contributed by atoms with van der Waals surface area (Å²) in [6.45, 7) is 10.7. The summed E-state index contributed by atoms with van der Waals surface area (Å²) in [7, 11) is 0. The minimum Gasteiger partial charge on any atom is -0.493 e. The summed E-state index contributed by atoms with van der Waals surface area (Å²) in [4.78, 5) is 12.1. The highest BCUT2D eigenvalue weighted by atomic mass is 16.5. The molecule has 1 aliphatic heterocycles. The van der Waals surface area contributed by atoms with E-state index in [1.807, 2.05) is 20.8 Å². The number of amides is 1. The molecule has 122 valence electrons. The largest absolute Gasteiger partial charge is 0.493 e. The highest BCUT2D eigenvalue weighted by molar-refractivity contribution is 5.78. The lowest BCUT2D eigenvalue weighted by Crippen LogP contribution is -2.35. The molecule has 1 aliphatic rings. The molecule has 0 saturated heterocycles. The van der Waals surface area contributed by atoms with Crippen LogP contribution in [-0.2, 0) is 4.79 Å². The van der Waals surface area contributed by atoms with Crippen LogP contribution < -0.4 is 15.8 Å². The van der Waals surface area contributed by atoms with Gasteiger partial charge in [0.2, 0.25) is 5.91 Å². The van der Waals surface area contributed by atoms with Gasteiger partial charge in [-0.15, -0.1) is 0 Å². The smallest absolute Gasteiger partial charge is 0.223 e. The van der Waals surface area contributed by atoms with Crippen molar-refractivity contribution in [3.05, 3.63) is 28.8 Å². The molecule has 3 N–H and O–H groups in total. The van der Waals surface area contributed by atoms with Crippen molar-refractivity contribution in [1.82, 2.24) is 5.32 Å². The van der Waals surface area contributed by atoms with Crippen LogP contribution in [-0.4, -0.2) is 12.5 Å². The molecule has 0 fully saturated rings. The van der Waals surface area contributed by atoms with E-state index in [1.54, 1.807) is 0 Å². The van der Waals surface area contributed by atoms with E-state index in [4.69, 9.17) is 10.5 Å². The fraction of sp³-hybridized carbons (Fsp3) is 0.611. The molecule has 0 aromatic heterocycles. The predicted octanol–water partition coefficient (Wildman–Crippen LogP) is 3.43. The molecule has 2 rings (SSSR count). The van der Waals surface area contributed by atoms with Gasteiger partial charge in [0.05, 0.1) is 12.6 Å². The van der Waals surface area contributed by atoms with Crippen molar-refractivity contribution in [2.75, 3.05) is 6.61 Å². The quantitative estimate of drug-likeness (QED) is 0.895. The molecule has 1 aromatic carbocycles. The maximum absolute atomic E-state index is 12.1. The Morgan fingerprint density at radius 3 is 2.50 bits per heavy atom. The molecule has 0 saturated carbocycles. The zero-order valence-electron chi connectivity index (χ0n) is 14.3. The van der Waals surface area contributed by atoms with E-state index in [1.165, 1.54) is 5.56 Å². The lowest BCUT2D eigenvalue weighted by Gasteiger charge is -2.31. The zero-order valence-corrected chi connectivity index (χ0v) is 14.3. The van der Waals surface area contributed by atoms with Gasteiger partial charge in [0, 0.05) is 29.5 Å². The topological polar surface area (TPSA) is 64.3 Å². The van der Waals surface area contributed by atoms with E-state index in [0.29, 0.717) is 12.5 Å². The first-order chi connectivity index (χ1) is 10.3. The van der Waals surface area contributed by atoms with Gasteiger partial charge in [0.1, 0.15) is 5.75 Å².